The fourth-order valence-corrected chi connectivity index (χ4v) is 3.04. The molecule has 8 nitrogen and oxygen atoms in total. The lowest BCUT2D eigenvalue weighted by Crippen LogP contribution is -2.25. The summed E-state index contributed by atoms with van der Waals surface area (Å²) in [5, 5.41) is 20.1. The van der Waals surface area contributed by atoms with E-state index in [1.54, 1.807) is 24.3 Å². The summed E-state index contributed by atoms with van der Waals surface area (Å²) in [7, 11) is 0. The van der Waals surface area contributed by atoms with Gasteiger partial charge in [-0.25, -0.2) is 5.43 Å². The maximum atomic E-state index is 12.0. The molecule has 0 fully saturated rings. The number of furan rings is 1. The van der Waals surface area contributed by atoms with E-state index in [4.69, 9.17) is 4.42 Å². The summed E-state index contributed by atoms with van der Waals surface area (Å²) < 4.78 is 5.62. The van der Waals surface area contributed by atoms with Crippen LogP contribution in [0, 0.1) is 10.1 Å². The molecule has 154 valence electrons. The third-order valence-corrected chi connectivity index (χ3v) is 4.55. The van der Waals surface area contributed by atoms with Crippen molar-refractivity contribution in [3.8, 4) is 11.3 Å². The van der Waals surface area contributed by atoms with Crippen LogP contribution in [0.1, 0.15) is 5.76 Å². The largest absolute Gasteiger partial charge is 0.455 e. The first-order valence-electron chi connectivity index (χ1n) is 9.48. The van der Waals surface area contributed by atoms with Gasteiger partial charge >= 0.3 is 0 Å². The lowest BCUT2D eigenvalue weighted by Gasteiger charge is -2.06. The summed E-state index contributed by atoms with van der Waals surface area (Å²) in [6, 6.07) is 23.4. The Hall–Kier alpha value is -4.46. The third-order valence-electron chi connectivity index (χ3n) is 4.55. The van der Waals surface area contributed by atoms with Gasteiger partial charge in [0.1, 0.15) is 11.5 Å². The second-order valence-corrected chi connectivity index (χ2v) is 6.72. The van der Waals surface area contributed by atoms with Gasteiger partial charge < -0.3 is 9.73 Å². The van der Waals surface area contributed by atoms with Gasteiger partial charge in [-0.3, -0.25) is 14.9 Å². The predicted octanol–water partition coefficient (Wildman–Crippen LogP) is 4.57. The molecular weight excluding hydrogens is 396 g/mol. The minimum atomic E-state index is -0.462. The molecule has 0 spiro atoms. The summed E-state index contributed by atoms with van der Waals surface area (Å²) in [4.78, 5) is 22.5. The number of rotatable bonds is 7. The Balaban J connectivity index is 1.31. The van der Waals surface area contributed by atoms with Crippen molar-refractivity contribution in [3.05, 3.63) is 94.7 Å². The zero-order chi connectivity index (χ0) is 21.6. The summed E-state index contributed by atoms with van der Waals surface area (Å²) in [6.45, 7) is 0.0623. The molecule has 0 radical (unpaired) electrons. The Labute approximate surface area is 177 Å². The number of carbonyl (C=O) groups is 1. The highest BCUT2D eigenvalue weighted by Crippen LogP contribution is 2.25. The van der Waals surface area contributed by atoms with Crippen LogP contribution in [-0.2, 0) is 4.79 Å². The van der Waals surface area contributed by atoms with Crippen molar-refractivity contribution in [1.29, 1.82) is 0 Å². The average Bonchev–Trinajstić information content (AvgIpc) is 3.26. The molecule has 0 aliphatic carbocycles. The van der Waals surface area contributed by atoms with E-state index in [-0.39, 0.29) is 18.1 Å². The topological polar surface area (TPSA) is 110 Å². The van der Waals surface area contributed by atoms with E-state index in [0.29, 0.717) is 17.1 Å². The van der Waals surface area contributed by atoms with Gasteiger partial charge in [-0.15, -0.1) is 0 Å². The standard InChI is InChI=1S/C23H18N4O4/c28-23(15-24-19-9-8-16-4-1-2-5-17(16)12-19)26-25-14-21-10-11-22(31-21)18-6-3-7-20(13-18)27(29)30/h1-14,24H,15H2,(H,26,28)/b25-14-. The number of fused-ring (bicyclic) bond motifs is 1. The van der Waals surface area contributed by atoms with Gasteiger partial charge in [0.15, 0.2) is 0 Å². The maximum Gasteiger partial charge on any atom is 0.270 e. The van der Waals surface area contributed by atoms with Crippen LogP contribution in [0.3, 0.4) is 0 Å². The summed E-state index contributed by atoms with van der Waals surface area (Å²) in [6.07, 6.45) is 1.37. The van der Waals surface area contributed by atoms with Gasteiger partial charge in [0, 0.05) is 23.4 Å². The molecule has 0 unspecified atom stereocenters. The lowest BCUT2D eigenvalue weighted by atomic mass is 10.1. The van der Waals surface area contributed by atoms with Crippen molar-refractivity contribution in [2.24, 2.45) is 5.10 Å². The minimum absolute atomic E-state index is 0.0182. The van der Waals surface area contributed by atoms with E-state index in [0.717, 1.165) is 16.5 Å². The molecule has 31 heavy (non-hydrogen) atoms. The lowest BCUT2D eigenvalue weighted by molar-refractivity contribution is -0.384. The monoisotopic (exact) mass is 414 g/mol. The highest BCUT2D eigenvalue weighted by atomic mass is 16.6. The Morgan fingerprint density at radius 3 is 2.68 bits per heavy atom. The van der Waals surface area contributed by atoms with Gasteiger partial charge in [0.25, 0.3) is 11.6 Å². The number of hydrogen-bond acceptors (Lipinski definition) is 6. The molecule has 0 saturated carbocycles. The number of benzene rings is 3. The number of amides is 1. The quantitative estimate of drug-likeness (QED) is 0.261. The first-order chi connectivity index (χ1) is 15.1. The Bertz CT molecular complexity index is 1280. The molecule has 0 aliphatic heterocycles. The number of carbonyl (C=O) groups excluding carboxylic acids is 1. The van der Waals surface area contributed by atoms with Crippen LogP contribution in [0.4, 0.5) is 11.4 Å². The fraction of sp³-hybridized carbons (Fsp3) is 0.0435. The number of nitro benzene ring substituents is 1. The number of nitrogens with one attached hydrogen (secondary N) is 2. The minimum Gasteiger partial charge on any atom is -0.455 e. The second-order valence-electron chi connectivity index (χ2n) is 6.72. The van der Waals surface area contributed by atoms with Crippen LogP contribution in [0.25, 0.3) is 22.1 Å². The predicted molar refractivity (Wildman–Crippen MR) is 119 cm³/mol. The van der Waals surface area contributed by atoms with E-state index >= 15 is 0 Å². The molecule has 1 amide bonds. The number of hydrogen-bond donors (Lipinski definition) is 2. The van der Waals surface area contributed by atoms with Crippen LogP contribution in [0.2, 0.25) is 0 Å². The molecule has 0 atom stereocenters. The highest BCUT2D eigenvalue weighted by molar-refractivity contribution is 5.87. The highest BCUT2D eigenvalue weighted by Gasteiger charge is 2.10. The number of nitro groups is 1. The van der Waals surface area contributed by atoms with Gasteiger partial charge in [-0.2, -0.15) is 5.10 Å². The maximum absolute atomic E-state index is 12.0. The summed E-state index contributed by atoms with van der Waals surface area (Å²) in [5.41, 5.74) is 3.83. The normalized spacial score (nSPS) is 11.0. The van der Waals surface area contributed by atoms with Crippen LogP contribution in [0.15, 0.2) is 88.4 Å². The number of nitrogens with zero attached hydrogens (tertiary/aromatic N) is 2. The SMILES string of the molecule is O=C(CNc1ccc2ccccc2c1)N/N=C\c1ccc(-c2cccc([N+](=O)[O-])c2)o1. The molecular formula is C23H18N4O4. The van der Waals surface area contributed by atoms with Crippen molar-refractivity contribution < 1.29 is 14.1 Å². The average molecular weight is 414 g/mol. The fourth-order valence-electron chi connectivity index (χ4n) is 3.04. The van der Waals surface area contributed by atoms with Crippen molar-refractivity contribution in [3.63, 3.8) is 0 Å². The Morgan fingerprint density at radius 1 is 1.00 bits per heavy atom. The van der Waals surface area contributed by atoms with E-state index in [1.165, 1.54) is 18.3 Å². The van der Waals surface area contributed by atoms with Crippen LogP contribution < -0.4 is 10.7 Å². The summed E-state index contributed by atoms with van der Waals surface area (Å²) in [5.74, 6) is 0.564. The zero-order valence-electron chi connectivity index (χ0n) is 16.3. The molecule has 4 aromatic rings. The number of non-ortho nitro benzene ring substituents is 1. The van der Waals surface area contributed by atoms with Crippen molar-refractivity contribution in [2.45, 2.75) is 0 Å². The molecule has 0 bridgehead atoms. The Kier molecular flexibility index (Phi) is 5.70. The van der Waals surface area contributed by atoms with E-state index in [1.807, 2.05) is 42.5 Å². The molecule has 8 heteroatoms. The van der Waals surface area contributed by atoms with E-state index in [9.17, 15) is 14.9 Å². The van der Waals surface area contributed by atoms with E-state index in [2.05, 4.69) is 15.8 Å². The molecule has 2 N–H and O–H groups in total. The van der Waals surface area contributed by atoms with Crippen molar-refractivity contribution in [1.82, 2.24) is 5.43 Å². The first-order valence-corrected chi connectivity index (χ1v) is 9.48. The second kappa shape index (κ2) is 8.91. The van der Waals surface area contributed by atoms with Crippen molar-refractivity contribution in [2.75, 3.05) is 11.9 Å². The molecule has 1 heterocycles. The summed E-state index contributed by atoms with van der Waals surface area (Å²) >= 11 is 0. The van der Waals surface area contributed by atoms with Crippen LogP contribution >= 0.6 is 0 Å². The first kappa shape index (κ1) is 19.8. The van der Waals surface area contributed by atoms with Gasteiger partial charge in [-0.05, 0) is 35.0 Å². The van der Waals surface area contributed by atoms with E-state index < -0.39 is 4.92 Å². The molecule has 1 aromatic heterocycles. The van der Waals surface area contributed by atoms with Gasteiger partial charge in [0.2, 0.25) is 0 Å². The van der Waals surface area contributed by atoms with Crippen LogP contribution in [-0.4, -0.2) is 23.6 Å². The smallest absolute Gasteiger partial charge is 0.270 e. The molecule has 4 rings (SSSR count). The third kappa shape index (κ3) is 4.94. The van der Waals surface area contributed by atoms with Crippen LogP contribution in [0.5, 0.6) is 0 Å². The molecule has 0 saturated heterocycles. The molecule has 3 aromatic carbocycles. The number of hydrazone groups is 1. The number of anilines is 1. The van der Waals surface area contributed by atoms with Crippen molar-refractivity contribution >= 4 is 34.3 Å². The van der Waals surface area contributed by atoms with Gasteiger partial charge in [0.05, 0.1) is 17.7 Å². The van der Waals surface area contributed by atoms with Gasteiger partial charge in [-0.1, -0.05) is 42.5 Å². The zero-order valence-corrected chi connectivity index (χ0v) is 16.3. The Morgan fingerprint density at radius 2 is 1.84 bits per heavy atom. The molecule has 0 aliphatic rings.